The van der Waals surface area contributed by atoms with Gasteiger partial charge in [0.25, 0.3) is 0 Å². The van der Waals surface area contributed by atoms with Crippen LogP contribution in [0.5, 0.6) is 0 Å². The lowest BCUT2D eigenvalue weighted by Crippen LogP contribution is -2.38. The molecule has 0 atom stereocenters. The first-order valence-electron chi connectivity index (χ1n) is 9.75. The molecule has 0 spiro atoms. The standard InChI is InChI=1S/C22H29N3/c1-16(2)19-13-17(3)22(14-23-19)25-15-24(18-9-5-4-6-10-18)20-11-7-8-12-21(20)25/h7-8,11-14,16,18H,4-6,9-10,15H2,1-3H3. The maximum absolute atomic E-state index is 4.73. The molecular weight excluding hydrogens is 306 g/mol. The van der Waals surface area contributed by atoms with Crippen molar-refractivity contribution in [3.63, 3.8) is 0 Å². The Balaban J connectivity index is 1.69. The third-order valence-electron chi connectivity index (χ3n) is 5.78. The Labute approximate surface area is 151 Å². The highest BCUT2D eigenvalue weighted by Gasteiger charge is 2.32. The zero-order valence-corrected chi connectivity index (χ0v) is 15.7. The van der Waals surface area contributed by atoms with Crippen LogP contribution in [0.3, 0.4) is 0 Å². The monoisotopic (exact) mass is 335 g/mol. The van der Waals surface area contributed by atoms with Crippen LogP contribution in [-0.4, -0.2) is 17.7 Å². The van der Waals surface area contributed by atoms with Gasteiger partial charge in [0.15, 0.2) is 0 Å². The molecule has 0 amide bonds. The van der Waals surface area contributed by atoms with Gasteiger partial charge in [0.2, 0.25) is 0 Å². The Morgan fingerprint density at radius 3 is 2.40 bits per heavy atom. The number of hydrogen-bond donors (Lipinski definition) is 0. The van der Waals surface area contributed by atoms with Crippen LogP contribution in [-0.2, 0) is 0 Å². The first kappa shape index (κ1) is 16.4. The summed E-state index contributed by atoms with van der Waals surface area (Å²) in [4.78, 5) is 9.82. The SMILES string of the molecule is Cc1cc(C(C)C)ncc1N1CN(C2CCCCC2)c2ccccc21. The Bertz CT molecular complexity index is 747. The van der Waals surface area contributed by atoms with Gasteiger partial charge in [0.05, 0.1) is 29.9 Å². The van der Waals surface area contributed by atoms with Crippen LogP contribution < -0.4 is 9.80 Å². The van der Waals surface area contributed by atoms with Crippen molar-refractivity contribution >= 4 is 17.1 Å². The van der Waals surface area contributed by atoms with Gasteiger partial charge >= 0.3 is 0 Å². The molecule has 25 heavy (non-hydrogen) atoms. The molecule has 1 fully saturated rings. The predicted octanol–water partition coefficient (Wildman–Crippen LogP) is 5.76. The average Bonchev–Trinajstić information content (AvgIpc) is 3.02. The Morgan fingerprint density at radius 1 is 1.00 bits per heavy atom. The van der Waals surface area contributed by atoms with Crippen molar-refractivity contribution in [3.8, 4) is 0 Å². The molecule has 4 rings (SSSR count). The molecule has 1 aliphatic carbocycles. The van der Waals surface area contributed by atoms with Gasteiger partial charge in [-0.3, -0.25) is 4.98 Å². The van der Waals surface area contributed by atoms with Gasteiger partial charge in [0.1, 0.15) is 0 Å². The highest BCUT2D eigenvalue weighted by molar-refractivity contribution is 5.83. The van der Waals surface area contributed by atoms with E-state index in [0.29, 0.717) is 12.0 Å². The second kappa shape index (κ2) is 6.70. The first-order chi connectivity index (χ1) is 12.1. The maximum atomic E-state index is 4.73. The van der Waals surface area contributed by atoms with Crippen LogP contribution in [0.2, 0.25) is 0 Å². The van der Waals surface area contributed by atoms with Crippen molar-refractivity contribution in [1.82, 2.24) is 4.98 Å². The number of aryl methyl sites for hydroxylation is 1. The summed E-state index contributed by atoms with van der Waals surface area (Å²) in [5, 5.41) is 0. The molecule has 1 saturated carbocycles. The van der Waals surface area contributed by atoms with E-state index in [1.165, 1.54) is 60.4 Å². The van der Waals surface area contributed by atoms with Crippen LogP contribution in [0.15, 0.2) is 36.5 Å². The molecule has 2 heterocycles. The average molecular weight is 335 g/mol. The topological polar surface area (TPSA) is 19.4 Å². The number of hydrogen-bond acceptors (Lipinski definition) is 3. The molecule has 1 aromatic heterocycles. The molecule has 0 bridgehead atoms. The third-order valence-corrected chi connectivity index (χ3v) is 5.78. The van der Waals surface area contributed by atoms with Crippen molar-refractivity contribution in [3.05, 3.63) is 47.8 Å². The highest BCUT2D eigenvalue weighted by atomic mass is 15.4. The van der Waals surface area contributed by atoms with Gasteiger partial charge < -0.3 is 9.80 Å². The van der Waals surface area contributed by atoms with E-state index in [-0.39, 0.29) is 0 Å². The van der Waals surface area contributed by atoms with Crippen LogP contribution in [0, 0.1) is 6.92 Å². The normalized spacial score (nSPS) is 18.1. The fourth-order valence-electron chi connectivity index (χ4n) is 4.32. The van der Waals surface area contributed by atoms with Gasteiger partial charge in [-0.2, -0.15) is 0 Å². The van der Waals surface area contributed by atoms with E-state index in [4.69, 9.17) is 4.98 Å². The Morgan fingerprint density at radius 2 is 1.72 bits per heavy atom. The summed E-state index contributed by atoms with van der Waals surface area (Å²) in [7, 11) is 0. The molecule has 2 aliphatic rings. The summed E-state index contributed by atoms with van der Waals surface area (Å²) in [6.45, 7) is 7.58. The summed E-state index contributed by atoms with van der Waals surface area (Å²) >= 11 is 0. The number of pyridine rings is 1. The molecule has 1 aromatic carbocycles. The maximum Gasteiger partial charge on any atom is 0.0956 e. The van der Waals surface area contributed by atoms with Crippen LogP contribution in [0.25, 0.3) is 0 Å². The van der Waals surface area contributed by atoms with Crippen molar-refractivity contribution in [2.45, 2.75) is 64.8 Å². The van der Waals surface area contributed by atoms with Gasteiger partial charge in [-0.1, -0.05) is 45.2 Å². The molecular formula is C22H29N3. The summed E-state index contributed by atoms with van der Waals surface area (Å²) in [5.41, 5.74) is 6.46. The summed E-state index contributed by atoms with van der Waals surface area (Å²) in [6, 6.07) is 11.8. The smallest absolute Gasteiger partial charge is 0.0956 e. The molecule has 3 heteroatoms. The van der Waals surface area contributed by atoms with Crippen LogP contribution in [0.1, 0.15) is 63.1 Å². The van der Waals surface area contributed by atoms with Crippen molar-refractivity contribution in [2.75, 3.05) is 16.5 Å². The lowest BCUT2D eigenvalue weighted by molar-refractivity contribution is 0.420. The van der Waals surface area contributed by atoms with Crippen LogP contribution in [0.4, 0.5) is 17.1 Å². The lowest BCUT2D eigenvalue weighted by atomic mass is 9.94. The van der Waals surface area contributed by atoms with Crippen molar-refractivity contribution in [2.24, 2.45) is 0 Å². The predicted molar refractivity (Wildman–Crippen MR) is 106 cm³/mol. The van der Waals surface area contributed by atoms with E-state index in [9.17, 15) is 0 Å². The molecule has 2 aromatic rings. The second-order valence-electron chi connectivity index (χ2n) is 7.87. The highest BCUT2D eigenvalue weighted by Crippen LogP contribution is 2.44. The molecule has 0 saturated heterocycles. The largest absolute Gasteiger partial charge is 0.349 e. The van der Waals surface area contributed by atoms with Gasteiger partial charge in [-0.05, 0) is 49.4 Å². The number of nitrogens with zero attached hydrogens (tertiary/aromatic N) is 3. The molecule has 3 nitrogen and oxygen atoms in total. The summed E-state index contributed by atoms with van der Waals surface area (Å²) < 4.78 is 0. The third kappa shape index (κ3) is 3.01. The fraction of sp³-hybridized carbons (Fsp3) is 0.500. The first-order valence-corrected chi connectivity index (χ1v) is 9.75. The van der Waals surface area contributed by atoms with Gasteiger partial charge in [-0.25, -0.2) is 0 Å². The van der Waals surface area contributed by atoms with E-state index in [0.717, 1.165) is 6.67 Å². The minimum atomic E-state index is 0.470. The number of fused-ring (bicyclic) bond motifs is 1. The zero-order chi connectivity index (χ0) is 17.4. The Kier molecular flexibility index (Phi) is 4.41. The van der Waals surface area contributed by atoms with E-state index in [2.05, 4.69) is 67.1 Å². The number of anilines is 3. The molecule has 1 aliphatic heterocycles. The van der Waals surface area contributed by atoms with E-state index in [1.54, 1.807) is 0 Å². The molecule has 0 N–H and O–H groups in total. The summed E-state index contributed by atoms with van der Waals surface area (Å²) in [6.07, 6.45) is 8.86. The zero-order valence-electron chi connectivity index (χ0n) is 15.7. The molecule has 132 valence electrons. The number of para-hydroxylation sites is 2. The van der Waals surface area contributed by atoms with E-state index >= 15 is 0 Å². The van der Waals surface area contributed by atoms with Gasteiger partial charge in [-0.15, -0.1) is 0 Å². The number of aromatic nitrogens is 1. The van der Waals surface area contributed by atoms with Crippen molar-refractivity contribution < 1.29 is 0 Å². The number of benzene rings is 1. The molecule has 0 radical (unpaired) electrons. The minimum absolute atomic E-state index is 0.470. The van der Waals surface area contributed by atoms with E-state index < -0.39 is 0 Å². The van der Waals surface area contributed by atoms with E-state index in [1.807, 2.05) is 0 Å². The Hall–Kier alpha value is -2.03. The second-order valence-corrected chi connectivity index (χ2v) is 7.87. The molecule has 0 unspecified atom stereocenters. The van der Waals surface area contributed by atoms with Crippen LogP contribution >= 0.6 is 0 Å². The fourth-order valence-corrected chi connectivity index (χ4v) is 4.32. The van der Waals surface area contributed by atoms with Gasteiger partial charge in [0, 0.05) is 11.7 Å². The van der Waals surface area contributed by atoms with Crippen molar-refractivity contribution in [1.29, 1.82) is 0 Å². The number of rotatable bonds is 3. The summed E-state index contributed by atoms with van der Waals surface area (Å²) in [5.74, 6) is 0.470. The minimum Gasteiger partial charge on any atom is -0.349 e. The lowest BCUT2D eigenvalue weighted by Gasteiger charge is -2.33. The quantitative estimate of drug-likeness (QED) is 0.710.